The van der Waals surface area contributed by atoms with Gasteiger partial charge in [0.2, 0.25) is 0 Å². The topological polar surface area (TPSA) is 33.2 Å². The van der Waals surface area contributed by atoms with Crippen molar-refractivity contribution in [1.82, 2.24) is 9.88 Å². The molecule has 4 rings (SSSR count). The molecular formula is C20H14N2OS2. The molecule has 1 saturated heterocycles. The Morgan fingerprint density at radius 3 is 2.64 bits per heavy atom. The first-order valence-corrected chi connectivity index (χ1v) is 9.08. The van der Waals surface area contributed by atoms with Crippen molar-refractivity contribution in [3.63, 3.8) is 0 Å². The highest BCUT2D eigenvalue weighted by atomic mass is 32.2. The first kappa shape index (κ1) is 16.0. The Hall–Kier alpha value is -2.50. The average Bonchev–Trinajstić information content (AvgIpc) is 2.90. The largest absolute Gasteiger partial charge is 0.288 e. The molecule has 0 bridgehead atoms. The van der Waals surface area contributed by atoms with E-state index < -0.39 is 0 Å². The summed E-state index contributed by atoms with van der Waals surface area (Å²) in [4.78, 5) is 19.5. The maximum Gasteiger partial charge on any atom is 0.266 e. The van der Waals surface area contributed by atoms with Gasteiger partial charge in [-0.1, -0.05) is 72.5 Å². The third kappa shape index (κ3) is 3.21. The second-order valence-electron chi connectivity index (χ2n) is 5.67. The van der Waals surface area contributed by atoms with Crippen LogP contribution in [0.2, 0.25) is 0 Å². The summed E-state index contributed by atoms with van der Waals surface area (Å²) in [6, 6.07) is 19.7. The lowest BCUT2D eigenvalue weighted by atomic mass is 10.1. The van der Waals surface area contributed by atoms with E-state index in [1.165, 1.54) is 11.8 Å². The summed E-state index contributed by atoms with van der Waals surface area (Å²) in [6.45, 7) is 0.500. The van der Waals surface area contributed by atoms with Crippen molar-refractivity contribution < 1.29 is 4.79 Å². The van der Waals surface area contributed by atoms with Crippen LogP contribution < -0.4 is 0 Å². The van der Waals surface area contributed by atoms with Gasteiger partial charge in [-0.05, 0) is 29.3 Å². The Morgan fingerprint density at radius 2 is 1.80 bits per heavy atom. The summed E-state index contributed by atoms with van der Waals surface area (Å²) in [5, 5.41) is 1.03. The van der Waals surface area contributed by atoms with E-state index in [0.717, 1.165) is 22.0 Å². The Labute approximate surface area is 155 Å². The number of pyridine rings is 1. The SMILES string of the molecule is O=C1C(=Cc2ccnc3ccccc23)SC(=S)N1Cc1ccccc1. The fourth-order valence-electron chi connectivity index (χ4n) is 2.79. The van der Waals surface area contributed by atoms with Crippen LogP contribution in [0.25, 0.3) is 17.0 Å². The van der Waals surface area contributed by atoms with Crippen LogP contribution in [0.1, 0.15) is 11.1 Å². The summed E-state index contributed by atoms with van der Waals surface area (Å²) >= 11 is 6.77. The number of thioether (sulfide) groups is 1. The second kappa shape index (κ2) is 6.78. The highest BCUT2D eigenvalue weighted by molar-refractivity contribution is 8.26. The number of hydrogen-bond donors (Lipinski definition) is 0. The standard InChI is InChI=1S/C20H14N2OS2/c23-19-18(12-15-10-11-21-17-9-5-4-8-16(15)17)25-20(24)22(19)13-14-6-2-1-3-7-14/h1-12H,13H2. The number of para-hydroxylation sites is 1. The first-order valence-electron chi connectivity index (χ1n) is 7.85. The number of benzene rings is 2. The molecule has 1 aromatic heterocycles. The molecule has 1 fully saturated rings. The molecule has 0 atom stereocenters. The minimum absolute atomic E-state index is 0.0419. The molecule has 1 amide bonds. The summed E-state index contributed by atoms with van der Waals surface area (Å²) in [6.07, 6.45) is 3.67. The van der Waals surface area contributed by atoms with Crippen LogP contribution >= 0.6 is 24.0 Å². The van der Waals surface area contributed by atoms with Crippen molar-refractivity contribution in [2.24, 2.45) is 0 Å². The number of amides is 1. The lowest BCUT2D eigenvalue weighted by Crippen LogP contribution is -2.27. The molecule has 0 spiro atoms. The molecule has 0 N–H and O–H groups in total. The molecule has 122 valence electrons. The van der Waals surface area contributed by atoms with E-state index in [2.05, 4.69) is 4.98 Å². The molecule has 2 aromatic carbocycles. The van der Waals surface area contributed by atoms with Crippen LogP contribution in [0.3, 0.4) is 0 Å². The minimum Gasteiger partial charge on any atom is -0.288 e. The van der Waals surface area contributed by atoms with Crippen molar-refractivity contribution in [3.8, 4) is 0 Å². The number of aromatic nitrogens is 1. The molecule has 0 aliphatic carbocycles. The molecule has 2 heterocycles. The number of rotatable bonds is 3. The smallest absolute Gasteiger partial charge is 0.266 e. The minimum atomic E-state index is -0.0419. The number of thiocarbonyl (C=S) groups is 1. The summed E-state index contributed by atoms with van der Waals surface area (Å²) < 4.78 is 0.596. The monoisotopic (exact) mass is 362 g/mol. The zero-order chi connectivity index (χ0) is 17.2. The van der Waals surface area contributed by atoms with Crippen molar-refractivity contribution >= 4 is 51.2 Å². The van der Waals surface area contributed by atoms with Crippen molar-refractivity contribution in [1.29, 1.82) is 0 Å². The second-order valence-corrected chi connectivity index (χ2v) is 7.35. The fraction of sp³-hybridized carbons (Fsp3) is 0.0500. The number of fused-ring (bicyclic) bond motifs is 1. The fourth-order valence-corrected chi connectivity index (χ4v) is 4.03. The lowest BCUT2D eigenvalue weighted by molar-refractivity contribution is -0.122. The van der Waals surface area contributed by atoms with E-state index in [1.54, 1.807) is 11.1 Å². The van der Waals surface area contributed by atoms with E-state index in [-0.39, 0.29) is 5.91 Å². The summed E-state index contributed by atoms with van der Waals surface area (Å²) in [5.41, 5.74) is 2.95. The highest BCUT2D eigenvalue weighted by Crippen LogP contribution is 2.34. The molecule has 0 radical (unpaired) electrons. The van der Waals surface area contributed by atoms with Crippen LogP contribution in [0.15, 0.2) is 71.8 Å². The number of hydrogen-bond acceptors (Lipinski definition) is 4. The van der Waals surface area contributed by atoms with Crippen LogP contribution in [0, 0.1) is 0 Å². The third-order valence-electron chi connectivity index (χ3n) is 4.03. The van der Waals surface area contributed by atoms with Gasteiger partial charge >= 0.3 is 0 Å². The van der Waals surface area contributed by atoms with E-state index >= 15 is 0 Å². The maximum absolute atomic E-state index is 12.8. The molecule has 0 saturated carbocycles. The number of carbonyl (C=O) groups is 1. The molecule has 5 heteroatoms. The zero-order valence-corrected chi connectivity index (χ0v) is 14.9. The van der Waals surface area contributed by atoms with Gasteiger partial charge in [0.25, 0.3) is 5.91 Å². The normalized spacial score (nSPS) is 16.2. The van der Waals surface area contributed by atoms with Crippen LogP contribution in [-0.2, 0) is 11.3 Å². The lowest BCUT2D eigenvalue weighted by Gasteiger charge is -2.14. The molecule has 1 aliphatic rings. The molecule has 25 heavy (non-hydrogen) atoms. The van der Waals surface area contributed by atoms with Crippen molar-refractivity contribution in [2.45, 2.75) is 6.54 Å². The number of nitrogens with zero attached hydrogens (tertiary/aromatic N) is 2. The van der Waals surface area contributed by atoms with Crippen LogP contribution in [0.4, 0.5) is 0 Å². The van der Waals surface area contributed by atoms with Gasteiger partial charge in [0.05, 0.1) is 17.0 Å². The molecule has 1 aliphatic heterocycles. The van der Waals surface area contributed by atoms with E-state index in [1.807, 2.05) is 66.7 Å². The molecular weight excluding hydrogens is 348 g/mol. The Balaban J connectivity index is 1.66. The van der Waals surface area contributed by atoms with Gasteiger partial charge in [0.15, 0.2) is 0 Å². The maximum atomic E-state index is 12.8. The van der Waals surface area contributed by atoms with Gasteiger partial charge in [0, 0.05) is 11.6 Å². The van der Waals surface area contributed by atoms with Gasteiger partial charge < -0.3 is 0 Å². The van der Waals surface area contributed by atoms with Crippen LogP contribution in [-0.4, -0.2) is 20.1 Å². The summed E-state index contributed by atoms with van der Waals surface area (Å²) in [5.74, 6) is -0.0419. The predicted octanol–water partition coefficient (Wildman–Crippen LogP) is 4.64. The summed E-state index contributed by atoms with van der Waals surface area (Å²) in [7, 11) is 0. The van der Waals surface area contributed by atoms with E-state index in [0.29, 0.717) is 15.8 Å². The van der Waals surface area contributed by atoms with Gasteiger partial charge in [-0.3, -0.25) is 14.7 Å². The molecule has 3 aromatic rings. The van der Waals surface area contributed by atoms with Crippen molar-refractivity contribution in [2.75, 3.05) is 0 Å². The van der Waals surface area contributed by atoms with E-state index in [4.69, 9.17) is 12.2 Å². The van der Waals surface area contributed by atoms with Gasteiger partial charge in [-0.25, -0.2) is 0 Å². The zero-order valence-electron chi connectivity index (χ0n) is 13.3. The molecule has 3 nitrogen and oxygen atoms in total. The Morgan fingerprint density at radius 1 is 1.04 bits per heavy atom. The highest BCUT2D eigenvalue weighted by Gasteiger charge is 2.32. The quantitative estimate of drug-likeness (QED) is 0.502. The van der Waals surface area contributed by atoms with Crippen LogP contribution in [0.5, 0.6) is 0 Å². The average molecular weight is 362 g/mol. The number of carbonyl (C=O) groups excluding carboxylic acids is 1. The van der Waals surface area contributed by atoms with Gasteiger partial charge in [-0.2, -0.15) is 0 Å². The first-order chi connectivity index (χ1) is 12.2. The predicted molar refractivity (Wildman–Crippen MR) is 107 cm³/mol. The Kier molecular flexibility index (Phi) is 4.34. The van der Waals surface area contributed by atoms with Gasteiger partial charge in [0.1, 0.15) is 4.32 Å². The Bertz CT molecular complexity index is 994. The third-order valence-corrected chi connectivity index (χ3v) is 5.40. The molecule has 0 unspecified atom stereocenters. The van der Waals surface area contributed by atoms with E-state index in [9.17, 15) is 4.79 Å². The van der Waals surface area contributed by atoms with Gasteiger partial charge in [-0.15, -0.1) is 0 Å². The van der Waals surface area contributed by atoms with Crippen molar-refractivity contribution in [3.05, 3.63) is 82.9 Å².